The summed E-state index contributed by atoms with van der Waals surface area (Å²) in [5, 5.41) is 0. The Hall–Kier alpha value is -1.39. The van der Waals surface area contributed by atoms with E-state index in [0.717, 1.165) is 39.1 Å². The predicted molar refractivity (Wildman–Crippen MR) is 86.3 cm³/mol. The van der Waals surface area contributed by atoms with E-state index in [1.807, 2.05) is 14.1 Å². The van der Waals surface area contributed by atoms with Gasteiger partial charge in [-0.1, -0.05) is 30.3 Å². The van der Waals surface area contributed by atoms with Crippen molar-refractivity contribution in [1.29, 1.82) is 0 Å². The highest BCUT2D eigenvalue weighted by Gasteiger charge is 2.19. The van der Waals surface area contributed by atoms with Crippen LogP contribution in [0.25, 0.3) is 0 Å². The van der Waals surface area contributed by atoms with Crippen molar-refractivity contribution >= 4 is 5.91 Å². The van der Waals surface area contributed by atoms with Gasteiger partial charge in [-0.2, -0.15) is 0 Å². The zero-order valence-electron chi connectivity index (χ0n) is 13.3. The van der Waals surface area contributed by atoms with Crippen LogP contribution in [0.2, 0.25) is 0 Å². The van der Waals surface area contributed by atoms with Gasteiger partial charge in [0.25, 0.3) is 0 Å². The van der Waals surface area contributed by atoms with Crippen molar-refractivity contribution < 1.29 is 4.79 Å². The minimum atomic E-state index is 0.201. The van der Waals surface area contributed by atoms with E-state index in [1.54, 1.807) is 4.90 Å². The number of benzene rings is 1. The fraction of sp³-hybridized carbons (Fsp3) is 0.588. The second kappa shape index (κ2) is 8.15. The summed E-state index contributed by atoms with van der Waals surface area (Å²) in [6.45, 7) is 5.88. The van der Waals surface area contributed by atoms with E-state index in [0.29, 0.717) is 6.54 Å². The standard InChI is InChI=1S/C17H27N3O/c1-18(2)17(21)15-20-13-11-19(12-14-20)10-6-9-16-7-4-3-5-8-16/h3-5,7-8H,6,9-15H2,1-2H3. The van der Waals surface area contributed by atoms with Crippen LogP contribution in [0.15, 0.2) is 30.3 Å². The Bertz CT molecular complexity index is 425. The molecule has 0 radical (unpaired) electrons. The molecule has 1 aliphatic rings. The average Bonchev–Trinajstić information content (AvgIpc) is 2.50. The Morgan fingerprint density at radius 1 is 1.05 bits per heavy atom. The topological polar surface area (TPSA) is 26.8 Å². The van der Waals surface area contributed by atoms with E-state index in [4.69, 9.17) is 0 Å². The van der Waals surface area contributed by atoms with Crippen LogP contribution < -0.4 is 0 Å². The lowest BCUT2D eigenvalue weighted by Crippen LogP contribution is -2.49. The van der Waals surface area contributed by atoms with E-state index >= 15 is 0 Å². The first-order valence-electron chi connectivity index (χ1n) is 7.84. The highest BCUT2D eigenvalue weighted by molar-refractivity contribution is 5.77. The highest BCUT2D eigenvalue weighted by atomic mass is 16.2. The zero-order valence-corrected chi connectivity index (χ0v) is 13.3. The SMILES string of the molecule is CN(C)C(=O)CN1CCN(CCCc2ccccc2)CC1. The van der Waals surface area contributed by atoms with Crippen LogP contribution in [-0.4, -0.2) is 74.0 Å². The molecule has 1 aromatic carbocycles. The molecule has 0 bridgehead atoms. The predicted octanol–water partition coefficient (Wildman–Crippen LogP) is 1.33. The minimum Gasteiger partial charge on any atom is -0.348 e. The number of aryl methyl sites for hydroxylation is 1. The lowest BCUT2D eigenvalue weighted by Gasteiger charge is -2.34. The third-order valence-corrected chi connectivity index (χ3v) is 4.11. The van der Waals surface area contributed by atoms with Crippen molar-refractivity contribution in [2.45, 2.75) is 12.8 Å². The van der Waals surface area contributed by atoms with Crippen LogP contribution in [0.1, 0.15) is 12.0 Å². The molecule has 1 amide bonds. The van der Waals surface area contributed by atoms with Crippen LogP contribution >= 0.6 is 0 Å². The van der Waals surface area contributed by atoms with Gasteiger partial charge in [-0.15, -0.1) is 0 Å². The first kappa shape index (κ1) is 16.0. The molecule has 0 spiro atoms. The maximum atomic E-state index is 11.7. The van der Waals surface area contributed by atoms with Crippen molar-refractivity contribution in [2.24, 2.45) is 0 Å². The number of carbonyl (C=O) groups is 1. The molecule has 0 saturated carbocycles. The van der Waals surface area contributed by atoms with E-state index in [2.05, 4.69) is 40.1 Å². The molecule has 0 aliphatic carbocycles. The number of piperazine rings is 1. The maximum absolute atomic E-state index is 11.7. The van der Waals surface area contributed by atoms with Crippen molar-refractivity contribution in [3.05, 3.63) is 35.9 Å². The van der Waals surface area contributed by atoms with E-state index < -0.39 is 0 Å². The number of rotatable bonds is 6. The summed E-state index contributed by atoms with van der Waals surface area (Å²) in [6.07, 6.45) is 2.36. The zero-order chi connectivity index (χ0) is 15.1. The second-order valence-electron chi connectivity index (χ2n) is 6.00. The summed E-state index contributed by atoms with van der Waals surface area (Å²) < 4.78 is 0. The van der Waals surface area contributed by atoms with Gasteiger partial charge in [0.2, 0.25) is 5.91 Å². The quantitative estimate of drug-likeness (QED) is 0.790. The number of likely N-dealkylation sites (N-methyl/N-ethyl adjacent to an activating group) is 1. The summed E-state index contributed by atoms with van der Waals surface area (Å²) in [6, 6.07) is 10.7. The van der Waals surface area contributed by atoms with Gasteiger partial charge in [0.05, 0.1) is 6.54 Å². The molecule has 21 heavy (non-hydrogen) atoms. The van der Waals surface area contributed by atoms with Crippen LogP contribution in [0.5, 0.6) is 0 Å². The van der Waals surface area contributed by atoms with Crippen LogP contribution in [0.4, 0.5) is 0 Å². The number of nitrogens with zero attached hydrogens (tertiary/aromatic N) is 3. The molecule has 1 aromatic rings. The summed E-state index contributed by atoms with van der Waals surface area (Å²) >= 11 is 0. The largest absolute Gasteiger partial charge is 0.348 e. The van der Waals surface area contributed by atoms with E-state index in [1.165, 1.54) is 12.0 Å². The van der Waals surface area contributed by atoms with Gasteiger partial charge in [-0.05, 0) is 24.9 Å². The Labute approximate surface area is 128 Å². The molecule has 0 atom stereocenters. The summed E-state index contributed by atoms with van der Waals surface area (Å²) in [7, 11) is 3.64. The van der Waals surface area contributed by atoms with Crippen molar-refractivity contribution in [3.8, 4) is 0 Å². The molecule has 2 rings (SSSR count). The molecular formula is C17H27N3O. The molecule has 0 aromatic heterocycles. The normalized spacial score (nSPS) is 16.9. The van der Waals surface area contributed by atoms with Crippen molar-refractivity contribution in [3.63, 3.8) is 0 Å². The fourth-order valence-electron chi connectivity index (χ4n) is 2.66. The Kier molecular flexibility index (Phi) is 6.21. The van der Waals surface area contributed by atoms with Gasteiger partial charge in [0.1, 0.15) is 0 Å². The smallest absolute Gasteiger partial charge is 0.236 e. The molecule has 1 saturated heterocycles. The lowest BCUT2D eigenvalue weighted by molar-refractivity contribution is -0.130. The molecule has 1 heterocycles. The van der Waals surface area contributed by atoms with Crippen molar-refractivity contribution in [1.82, 2.24) is 14.7 Å². The summed E-state index contributed by atoms with van der Waals surface area (Å²) in [5.41, 5.74) is 1.42. The van der Waals surface area contributed by atoms with Crippen molar-refractivity contribution in [2.75, 3.05) is 53.4 Å². The summed E-state index contributed by atoms with van der Waals surface area (Å²) in [4.78, 5) is 18.1. The first-order valence-corrected chi connectivity index (χ1v) is 7.84. The molecule has 116 valence electrons. The number of amides is 1. The third-order valence-electron chi connectivity index (χ3n) is 4.11. The fourth-order valence-corrected chi connectivity index (χ4v) is 2.66. The molecule has 0 N–H and O–H groups in total. The van der Waals surface area contributed by atoms with Crippen LogP contribution in [0.3, 0.4) is 0 Å². The molecular weight excluding hydrogens is 262 g/mol. The molecule has 0 unspecified atom stereocenters. The van der Waals surface area contributed by atoms with Crippen LogP contribution in [0, 0.1) is 0 Å². The molecule has 1 fully saturated rings. The minimum absolute atomic E-state index is 0.201. The Balaban J connectivity index is 1.62. The van der Waals surface area contributed by atoms with E-state index in [9.17, 15) is 4.79 Å². The van der Waals surface area contributed by atoms with Gasteiger partial charge in [-0.3, -0.25) is 9.69 Å². The van der Waals surface area contributed by atoms with Gasteiger partial charge >= 0.3 is 0 Å². The summed E-state index contributed by atoms with van der Waals surface area (Å²) in [5.74, 6) is 0.201. The lowest BCUT2D eigenvalue weighted by atomic mass is 10.1. The number of hydrogen-bond acceptors (Lipinski definition) is 3. The average molecular weight is 289 g/mol. The first-order chi connectivity index (χ1) is 10.1. The van der Waals surface area contributed by atoms with E-state index in [-0.39, 0.29) is 5.91 Å². The monoisotopic (exact) mass is 289 g/mol. The Morgan fingerprint density at radius 3 is 2.29 bits per heavy atom. The van der Waals surface area contributed by atoms with Gasteiger partial charge in [0, 0.05) is 40.3 Å². The van der Waals surface area contributed by atoms with Gasteiger partial charge in [0.15, 0.2) is 0 Å². The molecule has 4 heteroatoms. The van der Waals surface area contributed by atoms with Gasteiger partial charge < -0.3 is 9.80 Å². The maximum Gasteiger partial charge on any atom is 0.236 e. The number of carbonyl (C=O) groups excluding carboxylic acids is 1. The highest BCUT2D eigenvalue weighted by Crippen LogP contribution is 2.06. The van der Waals surface area contributed by atoms with Gasteiger partial charge in [-0.25, -0.2) is 0 Å². The molecule has 1 aliphatic heterocycles. The Morgan fingerprint density at radius 2 is 1.67 bits per heavy atom. The second-order valence-corrected chi connectivity index (χ2v) is 6.00. The number of hydrogen-bond donors (Lipinski definition) is 0. The van der Waals surface area contributed by atoms with Crippen LogP contribution in [-0.2, 0) is 11.2 Å². The third kappa shape index (κ3) is 5.48. The molecule has 4 nitrogen and oxygen atoms in total.